The quantitative estimate of drug-likeness (QED) is 0.758. The summed E-state index contributed by atoms with van der Waals surface area (Å²) in [6.07, 6.45) is -0.672. The van der Waals surface area contributed by atoms with Crippen molar-refractivity contribution in [1.29, 1.82) is 0 Å². The van der Waals surface area contributed by atoms with E-state index >= 15 is 0 Å². The molecule has 0 saturated carbocycles. The zero-order valence-electron chi connectivity index (χ0n) is 13.9. The third-order valence-corrected chi connectivity index (χ3v) is 2.68. The fraction of sp³-hybridized carbons (Fsp3) is 0.571. The number of hydrogen-bond donors (Lipinski definition) is 3. The molecule has 3 N–H and O–H groups in total. The summed E-state index contributed by atoms with van der Waals surface area (Å²) in [7, 11) is 0. The number of carbonyl (C=O) groups excluding carboxylic acids is 2. The number of nitrogens with one attached hydrogen (secondary N) is 3. The fourth-order valence-electron chi connectivity index (χ4n) is 1.56. The van der Waals surface area contributed by atoms with Gasteiger partial charge < -0.3 is 20.7 Å². The first-order valence-corrected chi connectivity index (χ1v) is 7.57. The van der Waals surface area contributed by atoms with Crippen molar-refractivity contribution in [3.05, 3.63) is 11.2 Å². The summed E-state index contributed by atoms with van der Waals surface area (Å²) in [4.78, 5) is 23.8. The van der Waals surface area contributed by atoms with Crippen LogP contribution in [-0.2, 0) is 9.53 Å². The number of nitrogens with zero attached hydrogens (tertiary/aromatic N) is 2. The monoisotopic (exact) mass is 343 g/mol. The molecule has 9 heteroatoms. The largest absolute Gasteiger partial charge is 0.444 e. The Hall–Kier alpha value is -2.09. The Morgan fingerprint density at radius 2 is 2.00 bits per heavy atom. The van der Waals surface area contributed by atoms with Crippen LogP contribution in [-0.4, -0.2) is 40.4 Å². The number of alkyl carbamates (subject to hydrolysis) is 1. The number of aromatic nitrogens is 2. The average Bonchev–Trinajstić information content (AvgIpc) is 2.39. The van der Waals surface area contributed by atoms with Gasteiger partial charge in [-0.05, 0) is 34.6 Å². The molecule has 0 aromatic carbocycles. The van der Waals surface area contributed by atoms with Gasteiger partial charge in [-0.2, -0.15) is 0 Å². The SMILES string of the molecule is CCNc1cc(Cl)nnc1NC(=O)C(C)NC(=O)OC(C)(C)C. The number of rotatable bonds is 5. The molecule has 1 unspecified atom stereocenters. The van der Waals surface area contributed by atoms with E-state index in [2.05, 4.69) is 26.1 Å². The Balaban J connectivity index is 2.70. The molecule has 0 radical (unpaired) electrons. The van der Waals surface area contributed by atoms with Crippen molar-refractivity contribution in [2.75, 3.05) is 17.2 Å². The standard InChI is InChI=1S/C14H22ClN5O3/c1-6-16-9-7-10(15)19-20-11(9)18-12(21)8(2)17-13(22)23-14(3,4)5/h7-8H,6H2,1-5H3,(H,16,19)(H,17,22)(H,18,20,21). The molecule has 23 heavy (non-hydrogen) atoms. The summed E-state index contributed by atoms with van der Waals surface area (Å²) in [5.41, 5.74) is -0.0921. The lowest BCUT2D eigenvalue weighted by Crippen LogP contribution is -2.44. The molecule has 1 rings (SSSR count). The Morgan fingerprint density at radius 1 is 1.35 bits per heavy atom. The predicted octanol–water partition coefficient (Wildman–Crippen LogP) is 2.41. The van der Waals surface area contributed by atoms with E-state index in [9.17, 15) is 9.59 Å². The van der Waals surface area contributed by atoms with Gasteiger partial charge >= 0.3 is 6.09 Å². The lowest BCUT2D eigenvalue weighted by Gasteiger charge is -2.21. The van der Waals surface area contributed by atoms with E-state index in [-0.39, 0.29) is 11.0 Å². The van der Waals surface area contributed by atoms with Gasteiger partial charge in [0.2, 0.25) is 5.91 Å². The smallest absolute Gasteiger partial charge is 0.408 e. The minimum Gasteiger partial charge on any atom is -0.444 e. The van der Waals surface area contributed by atoms with Crippen LogP contribution < -0.4 is 16.0 Å². The molecule has 0 bridgehead atoms. The van der Waals surface area contributed by atoms with Crippen molar-refractivity contribution < 1.29 is 14.3 Å². The molecule has 0 aliphatic rings. The molecule has 0 aliphatic heterocycles. The van der Waals surface area contributed by atoms with Crippen LogP contribution in [0.1, 0.15) is 34.6 Å². The molecule has 128 valence electrons. The molecule has 0 fully saturated rings. The van der Waals surface area contributed by atoms with E-state index in [4.69, 9.17) is 16.3 Å². The number of halogens is 1. The van der Waals surface area contributed by atoms with Gasteiger partial charge in [0.1, 0.15) is 11.6 Å². The molecule has 0 saturated heterocycles. The first kappa shape index (κ1) is 19.0. The number of amides is 2. The molecule has 8 nitrogen and oxygen atoms in total. The molecular weight excluding hydrogens is 322 g/mol. The Kier molecular flexibility index (Phi) is 6.56. The van der Waals surface area contributed by atoms with Crippen LogP contribution in [0.3, 0.4) is 0 Å². The van der Waals surface area contributed by atoms with Gasteiger partial charge in [0.15, 0.2) is 11.0 Å². The summed E-state index contributed by atoms with van der Waals surface area (Å²) in [5, 5.41) is 15.8. The molecular formula is C14H22ClN5O3. The maximum absolute atomic E-state index is 12.1. The number of anilines is 2. The van der Waals surface area contributed by atoms with Crippen LogP contribution in [0.25, 0.3) is 0 Å². The van der Waals surface area contributed by atoms with Crippen LogP contribution in [0.2, 0.25) is 5.15 Å². The summed E-state index contributed by atoms with van der Waals surface area (Å²) in [6, 6.07) is 0.747. The van der Waals surface area contributed by atoms with E-state index in [1.807, 2.05) is 6.92 Å². The molecule has 1 atom stereocenters. The zero-order valence-corrected chi connectivity index (χ0v) is 14.6. The summed E-state index contributed by atoms with van der Waals surface area (Å²) in [6.45, 7) is 9.27. The number of ether oxygens (including phenoxy) is 1. The first-order chi connectivity index (χ1) is 10.6. The highest BCUT2D eigenvalue weighted by atomic mass is 35.5. The fourth-order valence-corrected chi connectivity index (χ4v) is 1.71. The number of carbonyl (C=O) groups is 2. The van der Waals surface area contributed by atoms with Crippen LogP contribution in [0, 0.1) is 0 Å². The molecule has 0 spiro atoms. The van der Waals surface area contributed by atoms with Crippen molar-refractivity contribution in [3.63, 3.8) is 0 Å². The van der Waals surface area contributed by atoms with Crippen molar-refractivity contribution >= 4 is 35.1 Å². The molecule has 2 amide bonds. The van der Waals surface area contributed by atoms with E-state index in [1.54, 1.807) is 26.8 Å². The highest BCUT2D eigenvalue weighted by Crippen LogP contribution is 2.21. The van der Waals surface area contributed by atoms with Gasteiger partial charge in [0, 0.05) is 12.6 Å². The van der Waals surface area contributed by atoms with Gasteiger partial charge in [-0.1, -0.05) is 11.6 Å². The van der Waals surface area contributed by atoms with Gasteiger partial charge in [-0.15, -0.1) is 10.2 Å². The highest BCUT2D eigenvalue weighted by molar-refractivity contribution is 6.29. The van der Waals surface area contributed by atoms with Crippen LogP contribution in [0.15, 0.2) is 6.07 Å². The number of hydrogen-bond acceptors (Lipinski definition) is 6. The van der Waals surface area contributed by atoms with Crippen LogP contribution in [0.4, 0.5) is 16.3 Å². The topological polar surface area (TPSA) is 105 Å². The molecule has 1 aromatic rings. The Labute approximate surface area is 140 Å². The normalized spacial score (nSPS) is 12.3. The van der Waals surface area contributed by atoms with Gasteiger partial charge in [0.25, 0.3) is 0 Å². The van der Waals surface area contributed by atoms with Crippen LogP contribution >= 0.6 is 11.6 Å². The minimum absolute atomic E-state index is 0.207. The van der Waals surface area contributed by atoms with Crippen molar-refractivity contribution in [2.24, 2.45) is 0 Å². The lowest BCUT2D eigenvalue weighted by atomic mass is 10.2. The van der Waals surface area contributed by atoms with Crippen LogP contribution in [0.5, 0.6) is 0 Å². The van der Waals surface area contributed by atoms with Gasteiger partial charge in [-0.25, -0.2) is 4.79 Å². The molecule has 1 aromatic heterocycles. The summed E-state index contributed by atoms with van der Waals surface area (Å²) >= 11 is 5.78. The maximum atomic E-state index is 12.1. The maximum Gasteiger partial charge on any atom is 0.408 e. The Morgan fingerprint density at radius 3 is 2.57 bits per heavy atom. The van der Waals surface area contributed by atoms with Crippen molar-refractivity contribution in [3.8, 4) is 0 Å². The van der Waals surface area contributed by atoms with Gasteiger partial charge in [0.05, 0.1) is 5.69 Å². The van der Waals surface area contributed by atoms with E-state index in [1.165, 1.54) is 6.92 Å². The average molecular weight is 344 g/mol. The highest BCUT2D eigenvalue weighted by Gasteiger charge is 2.22. The third kappa shape index (κ3) is 6.68. The van der Waals surface area contributed by atoms with E-state index in [0.717, 1.165) is 0 Å². The predicted molar refractivity (Wildman–Crippen MR) is 88.7 cm³/mol. The molecule has 1 heterocycles. The lowest BCUT2D eigenvalue weighted by molar-refractivity contribution is -0.117. The van der Waals surface area contributed by atoms with E-state index in [0.29, 0.717) is 12.2 Å². The zero-order chi connectivity index (χ0) is 17.6. The van der Waals surface area contributed by atoms with Crippen molar-refractivity contribution in [1.82, 2.24) is 15.5 Å². The minimum atomic E-state index is -0.809. The second kappa shape index (κ2) is 7.96. The summed E-state index contributed by atoms with van der Waals surface area (Å²) in [5.74, 6) is -0.217. The third-order valence-electron chi connectivity index (χ3n) is 2.50. The van der Waals surface area contributed by atoms with Gasteiger partial charge in [-0.3, -0.25) is 4.79 Å². The first-order valence-electron chi connectivity index (χ1n) is 7.20. The second-order valence-corrected chi connectivity index (χ2v) is 6.20. The van der Waals surface area contributed by atoms with E-state index < -0.39 is 23.6 Å². The Bertz CT molecular complexity index is 574. The van der Waals surface area contributed by atoms with Crippen molar-refractivity contribution in [2.45, 2.75) is 46.3 Å². The second-order valence-electron chi connectivity index (χ2n) is 5.82. The molecule has 0 aliphatic carbocycles. The summed E-state index contributed by atoms with van der Waals surface area (Å²) < 4.78 is 5.10.